The maximum Gasteiger partial charge on any atom is 0.307 e. The highest BCUT2D eigenvalue weighted by Gasteiger charge is 2.17. The molecule has 12 heteroatoms. The van der Waals surface area contributed by atoms with Gasteiger partial charge in [0.1, 0.15) is 5.82 Å². The minimum absolute atomic E-state index is 0.106. The van der Waals surface area contributed by atoms with Gasteiger partial charge in [0.25, 0.3) is 11.4 Å². The molecule has 0 saturated heterocycles. The van der Waals surface area contributed by atoms with Gasteiger partial charge in [0, 0.05) is 41.1 Å². The monoisotopic (exact) mass is 451 g/mol. The van der Waals surface area contributed by atoms with Crippen LogP contribution in [0.1, 0.15) is 31.9 Å². The Hall–Kier alpha value is -4.09. The van der Waals surface area contributed by atoms with E-state index in [1.54, 1.807) is 6.07 Å². The second-order valence-corrected chi connectivity index (χ2v) is 7.65. The number of rotatable bonds is 7. The van der Waals surface area contributed by atoms with Crippen molar-refractivity contribution in [3.05, 3.63) is 73.6 Å². The van der Waals surface area contributed by atoms with Crippen LogP contribution in [0.3, 0.4) is 0 Å². The molecule has 0 spiro atoms. The molecule has 2 aromatic carbocycles. The fourth-order valence-electron chi connectivity index (χ4n) is 2.50. The molecule has 0 saturated carbocycles. The van der Waals surface area contributed by atoms with E-state index >= 15 is 0 Å². The maximum absolute atomic E-state index is 12.9. The van der Waals surface area contributed by atoms with Crippen LogP contribution in [0.4, 0.5) is 21.5 Å². The number of halogens is 1. The third kappa shape index (κ3) is 8.73. The Labute approximate surface area is 181 Å². The number of nitrogens with one attached hydrogen (secondary N) is 1. The van der Waals surface area contributed by atoms with E-state index in [0.717, 1.165) is 18.2 Å². The Balaban J connectivity index is 0.000000330. The van der Waals surface area contributed by atoms with Crippen molar-refractivity contribution in [3.63, 3.8) is 0 Å². The van der Waals surface area contributed by atoms with Gasteiger partial charge in [-0.2, -0.15) is 0 Å². The van der Waals surface area contributed by atoms with Crippen LogP contribution in [0.5, 0.6) is 0 Å². The van der Waals surface area contributed by atoms with Gasteiger partial charge in [-0.05, 0) is 38.5 Å². The lowest BCUT2D eigenvalue weighted by molar-refractivity contribution is -0.385. The number of nitro benzene ring substituents is 2. The van der Waals surface area contributed by atoms with E-state index in [4.69, 9.17) is 10.2 Å². The Morgan fingerprint density at radius 1 is 0.906 bits per heavy atom. The average Bonchev–Trinajstić information content (AvgIpc) is 2.63. The molecular formula is C20H22FN3O8. The van der Waals surface area contributed by atoms with Crippen molar-refractivity contribution in [2.45, 2.75) is 39.2 Å². The zero-order valence-corrected chi connectivity index (χ0v) is 17.5. The van der Waals surface area contributed by atoms with Gasteiger partial charge in [0.15, 0.2) is 0 Å². The summed E-state index contributed by atoms with van der Waals surface area (Å²) in [6.45, 7) is 5.79. The highest BCUT2D eigenvalue weighted by atomic mass is 19.1. The Morgan fingerprint density at radius 3 is 1.78 bits per heavy atom. The van der Waals surface area contributed by atoms with Crippen LogP contribution in [-0.4, -0.2) is 37.5 Å². The summed E-state index contributed by atoms with van der Waals surface area (Å²) in [5.41, 5.74) is 0.158. The number of nitro groups is 2. The quantitative estimate of drug-likeness (QED) is 0.418. The highest BCUT2D eigenvalue weighted by Crippen LogP contribution is 2.25. The molecule has 0 heterocycles. The van der Waals surface area contributed by atoms with Crippen molar-refractivity contribution < 1.29 is 34.0 Å². The molecule has 2 rings (SSSR count). The van der Waals surface area contributed by atoms with Crippen LogP contribution in [-0.2, 0) is 22.4 Å². The third-order valence-corrected chi connectivity index (χ3v) is 3.73. The van der Waals surface area contributed by atoms with Crippen molar-refractivity contribution in [2.24, 2.45) is 0 Å². The fraction of sp³-hybridized carbons (Fsp3) is 0.300. The minimum Gasteiger partial charge on any atom is -0.481 e. The molecule has 11 nitrogen and oxygen atoms in total. The molecule has 32 heavy (non-hydrogen) atoms. The van der Waals surface area contributed by atoms with Crippen LogP contribution < -0.4 is 5.32 Å². The van der Waals surface area contributed by atoms with Gasteiger partial charge in [0.2, 0.25) is 0 Å². The van der Waals surface area contributed by atoms with E-state index < -0.39 is 34.0 Å². The molecule has 0 fully saturated rings. The molecule has 2 aromatic rings. The molecule has 172 valence electrons. The smallest absolute Gasteiger partial charge is 0.307 e. The van der Waals surface area contributed by atoms with Gasteiger partial charge in [-0.15, -0.1) is 0 Å². The topological polar surface area (TPSA) is 173 Å². The molecule has 0 aliphatic rings. The first-order valence-electron chi connectivity index (χ1n) is 9.11. The predicted molar refractivity (Wildman–Crippen MR) is 112 cm³/mol. The van der Waals surface area contributed by atoms with Crippen LogP contribution in [0.15, 0.2) is 36.4 Å². The number of carboxylic acids is 2. The molecule has 0 amide bonds. The molecule has 0 bridgehead atoms. The van der Waals surface area contributed by atoms with Crippen LogP contribution in [0.2, 0.25) is 0 Å². The van der Waals surface area contributed by atoms with Gasteiger partial charge >= 0.3 is 11.9 Å². The van der Waals surface area contributed by atoms with Crippen molar-refractivity contribution in [1.82, 2.24) is 0 Å². The number of carboxylic acid groups (broad SMARTS) is 2. The number of anilines is 1. The normalized spacial score (nSPS) is 10.5. The van der Waals surface area contributed by atoms with Gasteiger partial charge in [-0.3, -0.25) is 29.8 Å². The Morgan fingerprint density at radius 2 is 1.34 bits per heavy atom. The first-order valence-corrected chi connectivity index (χ1v) is 9.11. The lowest BCUT2D eigenvalue weighted by Gasteiger charge is -2.23. The van der Waals surface area contributed by atoms with Crippen LogP contribution in [0.25, 0.3) is 0 Å². The molecule has 0 atom stereocenters. The standard InChI is InChI=1S/C12H16N2O4.C8H6FNO4/c1-12(2,3)13-10-5-4-9(14(17)18)6-8(10)7-11(15)16;9-7-2-1-6(10(13)14)3-5(7)4-8(11)12/h4-6,13H,7H2,1-3H3,(H,15,16);1-3H,4H2,(H,11,12). The number of hydrogen-bond donors (Lipinski definition) is 3. The van der Waals surface area contributed by atoms with Gasteiger partial charge in [0.05, 0.1) is 22.7 Å². The number of carbonyl (C=O) groups is 2. The van der Waals surface area contributed by atoms with Gasteiger partial charge in [-0.1, -0.05) is 0 Å². The minimum atomic E-state index is -1.23. The SMILES string of the molecule is CC(C)(C)Nc1ccc([N+](=O)[O-])cc1CC(=O)O.O=C(O)Cc1cc([N+](=O)[O-])ccc1F. The van der Waals surface area contributed by atoms with E-state index in [0.29, 0.717) is 11.3 Å². The fourth-order valence-corrected chi connectivity index (χ4v) is 2.50. The number of non-ortho nitro benzene ring substituents is 2. The summed E-state index contributed by atoms with van der Waals surface area (Å²) in [7, 11) is 0. The van der Waals surface area contributed by atoms with E-state index in [1.807, 2.05) is 20.8 Å². The lowest BCUT2D eigenvalue weighted by atomic mass is 10.0. The maximum atomic E-state index is 12.9. The van der Waals surface area contributed by atoms with Crippen LogP contribution >= 0.6 is 0 Å². The summed E-state index contributed by atoms with van der Waals surface area (Å²) in [6.07, 6.45) is -0.812. The number of benzene rings is 2. The Kier molecular flexibility index (Phi) is 8.75. The molecule has 0 unspecified atom stereocenters. The number of nitrogens with zero attached hydrogens (tertiary/aromatic N) is 2. The molecular weight excluding hydrogens is 429 g/mol. The van der Waals surface area contributed by atoms with Crippen LogP contribution in [0, 0.1) is 26.0 Å². The van der Waals surface area contributed by atoms with Gasteiger partial charge < -0.3 is 15.5 Å². The van der Waals surface area contributed by atoms with Crippen molar-refractivity contribution in [2.75, 3.05) is 5.32 Å². The number of hydrogen-bond acceptors (Lipinski definition) is 7. The summed E-state index contributed by atoms with van der Waals surface area (Å²) in [4.78, 5) is 40.8. The van der Waals surface area contributed by atoms with E-state index in [-0.39, 0.29) is 28.9 Å². The molecule has 3 N–H and O–H groups in total. The highest BCUT2D eigenvalue weighted by molar-refractivity contribution is 5.74. The van der Waals surface area contributed by atoms with Gasteiger partial charge in [-0.25, -0.2) is 4.39 Å². The second-order valence-electron chi connectivity index (χ2n) is 7.65. The third-order valence-electron chi connectivity index (χ3n) is 3.73. The van der Waals surface area contributed by atoms with E-state index in [1.165, 1.54) is 12.1 Å². The van der Waals surface area contributed by atoms with Crippen molar-refractivity contribution in [1.29, 1.82) is 0 Å². The zero-order valence-electron chi connectivity index (χ0n) is 17.5. The summed E-state index contributed by atoms with van der Waals surface area (Å²) in [5.74, 6) is -3.00. The molecule has 0 aliphatic carbocycles. The average molecular weight is 451 g/mol. The Bertz CT molecular complexity index is 1030. The summed E-state index contributed by atoms with van der Waals surface area (Å²) in [5, 5.41) is 41.3. The largest absolute Gasteiger partial charge is 0.481 e. The van der Waals surface area contributed by atoms with Crippen molar-refractivity contribution in [3.8, 4) is 0 Å². The molecule has 0 aliphatic heterocycles. The van der Waals surface area contributed by atoms with E-state index in [9.17, 15) is 34.2 Å². The zero-order chi connectivity index (χ0) is 24.6. The van der Waals surface area contributed by atoms with Crippen molar-refractivity contribution >= 4 is 29.0 Å². The summed E-state index contributed by atoms with van der Waals surface area (Å²) in [6, 6.07) is 6.99. The first-order chi connectivity index (χ1) is 14.7. The molecule has 0 aromatic heterocycles. The number of aliphatic carboxylic acids is 2. The van der Waals surface area contributed by atoms with E-state index in [2.05, 4.69) is 5.32 Å². The molecule has 0 radical (unpaired) electrons. The summed E-state index contributed by atoms with van der Waals surface area (Å²) < 4.78 is 12.9. The predicted octanol–water partition coefficient (Wildman–Crippen LogP) is 3.79. The summed E-state index contributed by atoms with van der Waals surface area (Å²) >= 11 is 0. The lowest BCUT2D eigenvalue weighted by Crippen LogP contribution is -2.27. The first kappa shape index (κ1) is 25.9. The second kappa shape index (κ2) is 10.8.